The Balaban J connectivity index is 2.14. The highest BCUT2D eigenvalue weighted by atomic mass is 16.7. The lowest BCUT2D eigenvalue weighted by molar-refractivity contribution is -0.196. The average Bonchev–Trinajstić information content (AvgIpc) is 2.71. The first-order valence-electron chi connectivity index (χ1n) is 12.6. The molecule has 1 saturated carbocycles. The first-order valence-corrected chi connectivity index (χ1v) is 12.6. The molecule has 2 fully saturated rings. The van der Waals surface area contributed by atoms with Gasteiger partial charge >= 0.3 is 6.09 Å². The van der Waals surface area contributed by atoms with Gasteiger partial charge < -0.3 is 24.4 Å². The van der Waals surface area contributed by atoms with Crippen LogP contribution in [0.15, 0.2) is 0 Å². The van der Waals surface area contributed by atoms with Crippen molar-refractivity contribution in [1.29, 1.82) is 0 Å². The van der Waals surface area contributed by atoms with E-state index in [9.17, 15) is 9.59 Å². The number of Topliss-reactive ketones (excluding diaryl/α,β-unsaturated/α-hetero) is 1. The zero-order valence-corrected chi connectivity index (χ0v) is 21.0. The van der Waals surface area contributed by atoms with Gasteiger partial charge in [-0.05, 0) is 66.5 Å². The summed E-state index contributed by atoms with van der Waals surface area (Å²) in [4.78, 5) is 27.5. The van der Waals surface area contributed by atoms with Crippen LogP contribution in [0.3, 0.4) is 0 Å². The van der Waals surface area contributed by atoms with Crippen LogP contribution in [0, 0.1) is 5.92 Å². The summed E-state index contributed by atoms with van der Waals surface area (Å²) in [6.07, 6.45) is 9.34. The topological polar surface area (TPSA) is 77.1 Å². The lowest BCUT2D eigenvalue weighted by Crippen LogP contribution is -2.49. The third-order valence-electron chi connectivity index (χ3n) is 6.19. The quantitative estimate of drug-likeness (QED) is 0.489. The van der Waals surface area contributed by atoms with E-state index >= 15 is 0 Å². The third kappa shape index (κ3) is 11.1. The predicted octanol–water partition coefficient (Wildman–Crippen LogP) is 4.67. The SMILES string of the molecule is CN(C)CCC(=O)C[C@H](OC1CCCCO1)[C@H](CC1CCCCC1)NC(=O)OC(C)(C)C. The van der Waals surface area contributed by atoms with Crippen molar-refractivity contribution >= 4 is 11.9 Å². The zero-order valence-electron chi connectivity index (χ0n) is 21.0. The van der Waals surface area contributed by atoms with Crippen molar-refractivity contribution in [2.45, 2.75) is 115 Å². The van der Waals surface area contributed by atoms with Gasteiger partial charge in [0.1, 0.15) is 11.4 Å². The van der Waals surface area contributed by atoms with Crippen LogP contribution in [0.5, 0.6) is 0 Å². The van der Waals surface area contributed by atoms with Gasteiger partial charge in [0.2, 0.25) is 0 Å². The Labute approximate surface area is 194 Å². The minimum Gasteiger partial charge on any atom is -0.444 e. The third-order valence-corrected chi connectivity index (χ3v) is 6.19. The van der Waals surface area contributed by atoms with Gasteiger partial charge in [-0.15, -0.1) is 0 Å². The second-order valence-electron chi connectivity index (χ2n) is 10.8. The molecule has 1 N–H and O–H groups in total. The van der Waals surface area contributed by atoms with Gasteiger partial charge in [0.15, 0.2) is 6.29 Å². The van der Waals surface area contributed by atoms with Crippen LogP contribution in [-0.4, -0.2) is 68.1 Å². The Morgan fingerprint density at radius 3 is 2.34 bits per heavy atom. The van der Waals surface area contributed by atoms with Crippen molar-refractivity contribution in [3.05, 3.63) is 0 Å². The molecule has 1 saturated heterocycles. The molecule has 1 amide bonds. The van der Waals surface area contributed by atoms with E-state index in [4.69, 9.17) is 14.2 Å². The summed E-state index contributed by atoms with van der Waals surface area (Å²) in [5.74, 6) is 0.679. The number of nitrogens with one attached hydrogen (secondary N) is 1. The lowest BCUT2D eigenvalue weighted by Gasteiger charge is -2.35. The molecule has 2 aliphatic rings. The first-order chi connectivity index (χ1) is 15.1. The summed E-state index contributed by atoms with van der Waals surface area (Å²) in [6.45, 7) is 6.96. The molecule has 1 aliphatic heterocycles. The molecule has 1 heterocycles. The van der Waals surface area contributed by atoms with E-state index < -0.39 is 17.8 Å². The number of nitrogens with zero attached hydrogens (tertiary/aromatic N) is 1. The molecule has 1 unspecified atom stereocenters. The van der Waals surface area contributed by atoms with Crippen LogP contribution in [0.1, 0.15) is 91.4 Å². The number of alkyl carbamates (subject to hydrolysis) is 1. The fraction of sp³-hybridized carbons (Fsp3) is 0.920. The van der Waals surface area contributed by atoms with Crippen molar-refractivity contribution in [3.63, 3.8) is 0 Å². The van der Waals surface area contributed by atoms with Crippen LogP contribution < -0.4 is 5.32 Å². The van der Waals surface area contributed by atoms with Gasteiger partial charge in [-0.2, -0.15) is 0 Å². The van der Waals surface area contributed by atoms with E-state index in [1.54, 1.807) is 0 Å². The van der Waals surface area contributed by atoms with E-state index in [2.05, 4.69) is 5.32 Å². The van der Waals surface area contributed by atoms with Crippen LogP contribution in [0.4, 0.5) is 4.79 Å². The summed E-state index contributed by atoms with van der Waals surface area (Å²) in [5, 5.41) is 3.08. The van der Waals surface area contributed by atoms with E-state index in [-0.39, 0.29) is 24.5 Å². The molecule has 0 aromatic rings. The van der Waals surface area contributed by atoms with Gasteiger partial charge in [0.05, 0.1) is 12.1 Å². The number of ether oxygens (including phenoxy) is 3. The summed E-state index contributed by atoms with van der Waals surface area (Å²) in [5.41, 5.74) is -0.580. The number of amides is 1. The Morgan fingerprint density at radius 1 is 1.06 bits per heavy atom. The molecule has 7 nitrogen and oxygen atoms in total. The molecule has 32 heavy (non-hydrogen) atoms. The summed E-state index contributed by atoms with van der Waals surface area (Å²) >= 11 is 0. The number of hydrogen-bond acceptors (Lipinski definition) is 6. The van der Waals surface area contributed by atoms with Gasteiger partial charge in [0, 0.05) is 26.0 Å². The molecule has 7 heteroatoms. The monoisotopic (exact) mass is 454 g/mol. The van der Waals surface area contributed by atoms with Crippen LogP contribution in [0.2, 0.25) is 0 Å². The molecule has 1 aliphatic carbocycles. The lowest BCUT2D eigenvalue weighted by atomic mass is 9.83. The second kappa shape index (κ2) is 13.5. The number of carbonyl (C=O) groups excluding carboxylic acids is 2. The summed E-state index contributed by atoms with van der Waals surface area (Å²) < 4.78 is 17.8. The largest absolute Gasteiger partial charge is 0.444 e. The highest BCUT2D eigenvalue weighted by Gasteiger charge is 2.33. The number of hydrogen-bond donors (Lipinski definition) is 1. The molecular weight excluding hydrogens is 408 g/mol. The molecule has 0 bridgehead atoms. The number of ketones is 1. The Morgan fingerprint density at radius 2 is 1.75 bits per heavy atom. The molecular formula is C25H46N2O5. The molecule has 3 atom stereocenters. The van der Waals surface area contributed by atoms with E-state index in [1.165, 1.54) is 19.3 Å². The van der Waals surface area contributed by atoms with Crippen LogP contribution in [-0.2, 0) is 19.0 Å². The van der Waals surface area contributed by atoms with E-state index in [0.29, 0.717) is 25.5 Å². The highest BCUT2D eigenvalue weighted by Crippen LogP contribution is 2.30. The standard InChI is InChI=1S/C25H46N2O5/c1-25(2,3)32-24(29)26-21(17-19-11-7-6-8-12-19)22(18-20(28)14-15-27(4)5)31-23-13-9-10-16-30-23/h19,21-23H,6-18H2,1-5H3,(H,26,29)/t21-,22-,23?/m0/s1. The first kappa shape index (κ1) is 27.1. The average molecular weight is 455 g/mol. The summed E-state index contributed by atoms with van der Waals surface area (Å²) in [7, 11) is 3.93. The van der Waals surface area contributed by atoms with Crippen LogP contribution in [0.25, 0.3) is 0 Å². The fourth-order valence-corrected chi connectivity index (χ4v) is 4.52. The van der Waals surface area contributed by atoms with Gasteiger partial charge in [-0.3, -0.25) is 4.79 Å². The Hall–Kier alpha value is -1.18. The normalized spacial score (nSPS) is 22.4. The zero-order chi connectivity index (χ0) is 23.6. The summed E-state index contributed by atoms with van der Waals surface area (Å²) in [6, 6.07) is -0.276. The van der Waals surface area contributed by atoms with E-state index in [0.717, 1.165) is 38.5 Å². The molecule has 0 spiro atoms. The second-order valence-corrected chi connectivity index (χ2v) is 10.8. The van der Waals surface area contributed by atoms with Gasteiger partial charge in [0.25, 0.3) is 0 Å². The van der Waals surface area contributed by atoms with Crippen molar-refractivity contribution in [3.8, 4) is 0 Å². The van der Waals surface area contributed by atoms with Crippen LogP contribution >= 0.6 is 0 Å². The number of carbonyl (C=O) groups is 2. The van der Waals surface area contributed by atoms with Gasteiger partial charge in [-0.1, -0.05) is 32.1 Å². The minimum absolute atomic E-state index is 0.152. The van der Waals surface area contributed by atoms with Crippen molar-refractivity contribution in [1.82, 2.24) is 10.2 Å². The Bertz CT molecular complexity index is 563. The Kier molecular flexibility index (Phi) is 11.4. The fourth-order valence-electron chi connectivity index (χ4n) is 4.52. The van der Waals surface area contributed by atoms with Crippen molar-refractivity contribution in [2.24, 2.45) is 5.92 Å². The minimum atomic E-state index is -0.580. The smallest absolute Gasteiger partial charge is 0.407 e. The molecule has 0 aromatic heterocycles. The predicted molar refractivity (Wildman–Crippen MR) is 126 cm³/mol. The number of rotatable bonds is 11. The maximum absolute atomic E-state index is 12.8. The maximum Gasteiger partial charge on any atom is 0.407 e. The molecule has 0 aromatic carbocycles. The highest BCUT2D eigenvalue weighted by molar-refractivity contribution is 5.79. The van der Waals surface area contributed by atoms with E-state index in [1.807, 2.05) is 39.8 Å². The maximum atomic E-state index is 12.8. The molecule has 0 radical (unpaired) electrons. The van der Waals surface area contributed by atoms with Crippen molar-refractivity contribution in [2.75, 3.05) is 27.2 Å². The molecule has 186 valence electrons. The molecule has 2 rings (SSSR count). The van der Waals surface area contributed by atoms with Gasteiger partial charge in [-0.25, -0.2) is 4.79 Å². The van der Waals surface area contributed by atoms with Crippen molar-refractivity contribution < 1.29 is 23.8 Å².